The summed E-state index contributed by atoms with van der Waals surface area (Å²) in [7, 11) is 0. The smallest absolute Gasteiger partial charge is 0.129 e. The molecule has 1 aromatic rings. The summed E-state index contributed by atoms with van der Waals surface area (Å²) in [4.78, 5) is 3.98. The second-order valence-electron chi connectivity index (χ2n) is 3.50. The van der Waals surface area contributed by atoms with Crippen LogP contribution < -0.4 is 11.5 Å². The van der Waals surface area contributed by atoms with E-state index in [9.17, 15) is 5.11 Å². The number of nitrogen functional groups attached to an aromatic ring is 1. The van der Waals surface area contributed by atoms with Crippen LogP contribution >= 0.6 is 0 Å². The Hall–Kier alpha value is -1.13. The summed E-state index contributed by atoms with van der Waals surface area (Å²) in [5, 5.41) is 9.85. The normalized spacial score (nSPS) is 15.1. The first-order valence-electron chi connectivity index (χ1n) is 4.72. The Morgan fingerprint density at radius 2 is 2.21 bits per heavy atom. The van der Waals surface area contributed by atoms with E-state index < -0.39 is 6.10 Å². The largest absolute Gasteiger partial charge is 0.387 e. The molecule has 1 heterocycles. The highest BCUT2D eigenvalue weighted by atomic mass is 16.3. The summed E-state index contributed by atoms with van der Waals surface area (Å²) in [5.41, 5.74) is 13.0. The lowest BCUT2D eigenvalue weighted by Gasteiger charge is -2.18. The molecule has 0 spiro atoms. The predicted molar refractivity (Wildman–Crippen MR) is 56.6 cm³/mol. The van der Waals surface area contributed by atoms with E-state index in [1.54, 1.807) is 6.20 Å². The van der Waals surface area contributed by atoms with Crippen molar-refractivity contribution in [2.24, 2.45) is 5.73 Å². The van der Waals surface area contributed by atoms with Crippen molar-refractivity contribution in [3.05, 3.63) is 23.4 Å². The SMILES string of the molecule is CC[C@@H](N)[C@@H](O)c1cc(C)cnc1N. The maximum Gasteiger partial charge on any atom is 0.129 e. The number of aliphatic hydroxyl groups excluding tert-OH is 1. The van der Waals surface area contributed by atoms with Gasteiger partial charge in [-0.2, -0.15) is 0 Å². The maximum atomic E-state index is 9.85. The summed E-state index contributed by atoms with van der Waals surface area (Å²) < 4.78 is 0. The van der Waals surface area contributed by atoms with Gasteiger partial charge in [-0.25, -0.2) is 4.98 Å². The van der Waals surface area contributed by atoms with Crippen molar-refractivity contribution in [3.8, 4) is 0 Å². The molecule has 0 radical (unpaired) electrons. The molecule has 4 heteroatoms. The molecule has 0 amide bonds. The number of anilines is 1. The van der Waals surface area contributed by atoms with Crippen LogP contribution in [0.2, 0.25) is 0 Å². The van der Waals surface area contributed by atoms with Crippen molar-refractivity contribution < 1.29 is 5.11 Å². The van der Waals surface area contributed by atoms with E-state index in [1.807, 2.05) is 19.9 Å². The molecule has 0 aliphatic carbocycles. The highest BCUT2D eigenvalue weighted by Crippen LogP contribution is 2.22. The summed E-state index contributed by atoms with van der Waals surface area (Å²) in [6.45, 7) is 3.83. The van der Waals surface area contributed by atoms with Crippen molar-refractivity contribution in [2.45, 2.75) is 32.4 Å². The second kappa shape index (κ2) is 4.39. The van der Waals surface area contributed by atoms with Gasteiger partial charge in [-0.1, -0.05) is 6.92 Å². The van der Waals surface area contributed by atoms with Gasteiger partial charge in [0.15, 0.2) is 0 Å². The molecule has 0 bridgehead atoms. The predicted octanol–water partition coefficient (Wildman–Crippen LogP) is 0.743. The van der Waals surface area contributed by atoms with E-state index in [0.29, 0.717) is 17.8 Å². The fourth-order valence-electron chi connectivity index (χ4n) is 1.29. The van der Waals surface area contributed by atoms with Crippen LogP contribution in [0.15, 0.2) is 12.3 Å². The summed E-state index contributed by atoms with van der Waals surface area (Å²) in [6, 6.07) is 1.53. The lowest BCUT2D eigenvalue weighted by molar-refractivity contribution is 0.145. The third kappa shape index (κ3) is 2.21. The number of nitrogens with zero attached hydrogens (tertiary/aromatic N) is 1. The molecule has 78 valence electrons. The standard InChI is InChI=1S/C10H17N3O/c1-3-8(11)9(14)7-4-6(2)5-13-10(7)12/h4-5,8-9,14H,3,11H2,1-2H3,(H2,12,13)/t8-,9+/m1/s1. The first kappa shape index (κ1) is 10.9. The Kier molecular flexibility index (Phi) is 3.43. The fourth-order valence-corrected chi connectivity index (χ4v) is 1.29. The van der Waals surface area contributed by atoms with Gasteiger partial charge in [-0.3, -0.25) is 0 Å². The molecule has 5 N–H and O–H groups in total. The van der Waals surface area contributed by atoms with Gasteiger partial charge in [0.1, 0.15) is 5.82 Å². The number of hydrogen-bond acceptors (Lipinski definition) is 4. The van der Waals surface area contributed by atoms with Crippen LogP contribution in [-0.2, 0) is 0 Å². The molecule has 0 aliphatic heterocycles. The Balaban J connectivity index is 2.99. The molecular weight excluding hydrogens is 178 g/mol. The number of aliphatic hydroxyl groups is 1. The van der Waals surface area contributed by atoms with E-state index >= 15 is 0 Å². The molecule has 0 fully saturated rings. The lowest BCUT2D eigenvalue weighted by Crippen LogP contribution is -2.28. The van der Waals surface area contributed by atoms with Gasteiger partial charge in [0.05, 0.1) is 6.10 Å². The van der Waals surface area contributed by atoms with E-state index in [-0.39, 0.29) is 6.04 Å². The second-order valence-corrected chi connectivity index (χ2v) is 3.50. The summed E-state index contributed by atoms with van der Waals surface area (Å²) in [5.74, 6) is 0.354. The van der Waals surface area contributed by atoms with Crippen molar-refractivity contribution in [1.82, 2.24) is 4.98 Å². The van der Waals surface area contributed by atoms with Crippen molar-refractivity contribution in [3.63, 3.8) is 0 Å². The lowest BCUT2D eigenvalue weighted by atomic mass is 10.0. The van der Waals surface area contributed by atoms with Gasteiger partial charge < -0.3 is 16.6 Å². The van der Waals surface area contributed by atoms with Gasteiger partial charge in [-0.15, -0.1) is 0 Å². The Bertz CT molecular complexity index is 314. The average molecular weight is 195 g/mol. The third-order valence-corrected chi connectivity index (χ3v) is 2.28. The fraction of sp³-hybridized carbons (Fsp3) is 0.500. The minimum absolute atomic E-state index is 0.291. The van der Waals surface area contributed by atoms with Gasteiger partial charge >= 0.3 is 0 Å². The molecule has 0 saturated carbocycles. The van der Waals surface area contributed by atoms with Crippen LogP contribution in [0.5, 0.6) is 0 Å². The quantitative estimate of drug-likeness (QED) is 0.664. The topological polar surface area (TPSA) is 85.2 Å². The van der Waals surface area contributed by atoms with Crippen molar-refractivity contribution in [1.29, 1.82) is 0 Å². The zero-order valence-corrected chi connectivity index (χ0v) is 8.57. The number of aryl methyl sites for hydroxylation is 1. The molecule has 0 aromatic carbocycles. The van der Waals surface area contributed by atoms with Gasteiger partial charge in [-0.05, 0) is 25.0 Å². The van der Waals surface area contributed by atoms with Gasteiger partial charge in [0, 0.05) is 17.8 Å². The number of hydrogen-bond donors (Lipinski definition) is 3. The minimum atomic E-state index is -0.729. The maximum absolute atomic E-state index is 9.85. The number of rotatable bonds is 3. The van der Waals surface area contributed by atoms with E-state index in [0.717, 1.165) is 5.56 Å². The Morgan fingerprint density at radius 3 is 2.79 bits per heavy atom. The molecule has 0 aliphatic rings. The highest BCUT2D eigenvalue weighted by molar-refractivity contribution is 5.42. The molecule has 0 unspecified atom stereocenters. The molecule has 2 atom stereocenters. The highest BCUT2D eigenvalue weighted by Gasteiger charge is 2.18. The van der Waals surface area contributed by atoms with Crippen LogP contribution in [0.1, 0.15) is 30.6 Å². The molecule has 14 heavy (non-hydrogen) atoms. The first-order valence-corrected chi connectivity index (χ1v) is 4.72. The van der Waals surface area contributed by atoms with E-state index in [4.69, 9.17) is 11.5 Å². The molecule has 1 rings (SSSR count). The minimum Gasteiger partial charge on any atom is -0.387 e. The molecule has 4 nitrogen and oxygen atoms in total. The Morgan fingerprint density at radius 1 is 1.57 bits per heavy atom. The third-order valence-electron chi connectivity index (χ3n) is 2.28. The molecule has 1 aromatic heterocycles. The number of nitrogens with two attached hydrogens (primary N) is 2. The van der Waals surface area contributed by atoms with Crippen LogP contribution in [0.4, 0.5) is 5.82 Å². The average Bonchev–Trinajstić information content (AvgIpc) is 2.19. The van der Waals surface area contributed by atoms with Crippen molar-refractivity contribution in [2.75, 3.05) is 5.73 Å². The first-order chi connectivity index (χ1) is 6.56. The summed E-state index contributed by atoms with van der Waals surface area (Å²) in [6.07, 6.45) is 1.64. The zero-order chi connectivity index (χ0) is 10.7. The van der Waals surface area contributed by atoms with Crippen LogP contribution in [-0.4, -0.2) is 16.1 Å². The zero-order valence-electron chi connectivity index (χ0n) is 8.57. The molecule has 0 saturated heterocycles. The molecular formula is C10H17N3O. The summed E-state index contributed by atoms with van der Waals surface area (Å²) >= 11 is 0. The monoisotopic (exact) mass is 195 g/mol. The van der Waals surface area contributed by atoms with Gasteiger partial charge in [0.2, 0.25) is 0 Å². The van der Waals surface area contributed by atoms with E-state index in [2.05, 4.69) is 4.98 Å². The Labute approximate surface area is 83.9 Å². The van der Waals surface area contributed by atoms with Crippen LogP contribution in [0.3, 0.4) is 0 Å². The van der Waals surface area contributed by atoms with Crippen LogP contribution in [0.25, 0.3) is 0 Å². The van der Waals surface area contributed by atoms with Crippen molar-refractivity contribution >= 4 is 5.82 Å². The van der Waals surface area contributed by atoms with Gasteiger partial charge in [0.25, 0.3) is 0 Å². The number of aromatic nitrogens is 1. The van der Waals surface area contributed by atoms with Crippen LogP contribution in [0, 0.1) is 6.92 Å². The number of pyridine rings is 1. The van der Waals surface area contributed by atoms with E-state index in [1.165, 1.54) is 0 Å².